The highest BCUT2D eigenvalue weighted by Gasteiger charge is 2.31. The summed E-state index contributed by atoms with van der Waals surface area (Å²) in [6.45, 7) is 3.14. The van der Waals surface area contributed by atoms with Crippen LogP contribution in [0.15, 0.2) is 24.4 Å². The van der Waals surface area contributed by atoms with E-state index in [0.717, 1.165) is 31.9 Å². The number of likely N-dealkylation sites (N-methyl/N-ethyl adjacent to an activating group) is 1. The molecule has 0 bridgehead atoms. The second-order valence-electron chi connectivity index (χ2n) is 6.83. The molecule has 1 aliphatic carbocycles. The van der Waals surface area contributed by atoms with E-state index in [4.69, 9.17) is 0 Å². The summed E-state index contributed by atoms with van der Waals surface area (Å²) in [5.41, 5.74) is 2.45. The van der Waals surface area contributed by atoms with E-state index >= 15 is 0 Å². The maximum Gasteiger partial charge on any atom is 0.151 e. The topological polar surface area (TPSA) is 50.1 Å². The number of aryl methyl sites for hydroxylation is 1. The van der Waals surface area contributed by atoms with Crippen LogP contribution >= 0.6 is 0 Å². The summed E-state index contributed by atoms with van der Waals surface area (Å²) in [7, 11) is 4.21. The van der Waals surface area contributed by atoms with Gasteiger partial charge in [-0.25, -0.2) is 0 Å². The van der Waals surface area contributed by atoms with Crippen molar-refractivity contribution in [1.29, 1.82) is 0 Å². The summed E-state index contributed by atoms with van der Waals surface area (Å²) in [6, 6.07) is 6.98. The number of rotatable bonds is 6. The lowest BCUT2D eigenvalue weighted by Gasteiger charge is -2.44. The third-order valence-electron chi connectivity index (χ3n) is 5.12. The van der Waals surface area contributed by atoms with Gasteiger partial charge in [-0.1, -0.05) is 0 Å². The molecule has 2 aliphatic rings. The molecule has 4 rings (SSSR count). The molecule has 0 N–H and O–H groups in total. The summed E-state index contributed by atoms with van der Waals surface area (Å²) in [6.07, 6.45) is 5.46. The lowest BCUT2D eigenvalue weighted by atomic mass is 10.1. The zero-order valence-corrected chi connectivity index (χ0v) is 13.9. The maximum atomic E-state index is 4.40. The lowest BCUT2D eigenvalue weighted by molar-refractivity contribution is 0.205. The van der Waals surface area contributed by atoms with Crippen LogP contribution in [0.4, 0.5) is 5.82 Å². The third kappa shape index (κ3) is 3.08. The second-order valence-corrected chi connectivity index (χ2v) is 6.83. The van der Waals surface area contributed by atoms with Crippen LogP contribution in [0.25, 0.3) is 0 Å². The first-order chi connectivity index (χ1) is 11.2. The molecule has 1 aliphatic heterocycles. The van der Waals surface area contributed by atoms with Crippen LogP contribution < -0.4 is 4.90 Å². The molecule has 6 heteroatoms. The van der Waals surface area contributed by atoms with Crippen LogP contribution in [-0.4, -0.2) is 57.6 Å². The van der Waals surface area contributed by atoms with Gasteiger partial charge in [0.25, 0.3) is 0 Å². The zero-order chi connectivity index (χ0) is 15.8. The van der Waals surface area contributed by atoms with E-state index in [-0.39, 0.29) is 0 Å². The molecular weight excluding hydrogens is 288 g/mol. The number of hydrogen-bond donors (Lipinski definition) is 0. The average molecular weight is 312 g/mol. The van der Waals surface area contributed by atoms with Gasteiger partial charge in [-0.3, -0.25) is 9.58 Å². The third-order valence-corrected chi connectivity index (χ3v) is 5.12. The Hall–Kier alpha value is -1.95. The van der Waals surface area contributed by atoms with Crippen molar-refractivity contribution in [2.45, 2.75) is 31.2 Å². The van der Waals surface area contributed by atoms with Gasteiger partial charge in [0, 0.05) is 57.0 Å². The zero-order valence-electron chi connectivity index (χ0n) is 13.9. The maximum absolute atomic E-state index is 4.40. The van der Waals surface area contributed by atoms with Crippen molar-refractivity contribution >= 4 is 5.82 Å². The Morgan fingerprint density at radius 3 is 2.61 bits per heavy atom. The van der Waals surface area contributed by atoms with Crippen LogP contribution in [0.3, 0.4) is 0 Å². The fourth-order valence-electron chi connectivity index (χ4n) is 3.14. The molecule has 0 spiro atoms. The van der Waals surface area contributed by atoms with Gasteiger partial charge in [0.2, 0.25) is 0 Å². The van der Waals surface area contributed by atoms with Gasteiger partial charge in [-0.15, -0.1) is 5.10 Å². The quantitative estimate of drug-likeness (QED) is 0.808. The average Bonchev–Trinajstić information content (AvgIpc) is 3.28. The highest BCUT2D eigenvalue weighted by molar-refractivity contribution is 5.42. The first-order valence-electron chi connectivity index (χ1n) is 8.46. The lowest BCUT2D eigenvalue weighted by Crippen LogP contribution is -2.59. The Labute approximate surface area is 137 Å². The van der Waals surface area contributed by atoms with E-state index in [1.54, 1.807) is 0 Å². The van der Waals surface area contributed by atoms with Crippen LogP contribution in [0.1, 0.15) is 30.1 Å². The largest absolute Gasteiger partial charge is 0.352 e. The van der Waals surface area contributed by atoms with Crippen LogP contribution in [-0.2, 0) is 13.5 Å². The van der Waals surface area contributed by atoms with Crippen LogP contribution in [0.2, 0.25) is 0 Å². The predicted octanol–water partition coefficient (Wildman–Crippen LogP) is 1.45. The molecule has 1 saturated carbocycles. The molecule has 2 aromatic rings. The van der Waals surface area contributed by atoms with Gasteiger partial charge in [-0.05, 0) is 38.1 Å². The van der Waals surface area contributed by atoms with Gasteiger partial charge in [0.05, 0.1) is 5.69 Å². The SMILES string of the molecule is CN(CCc1ccnn1C)C1CN(c2ccc(C3CC3)nn2)C1. The molecular formula is C17H24N6. The fraction of sp³-hybridized carbons (Fsp3) is 0.588. The summed E-state index contributed by atoms with van der Waals surface area (Å²) in [5.74, 6) is 1.70. The predicted molar refractivity (Wildman–Crippen MR) is 89.6 cm³/mol. The minimum atomic E-state index is 0.605. The van der Waals surface area contributed by atoms with Gasteiger partial charge < -0.3 is 4.90 Å². The minimum absolute atomic E-state index is 0.605. The van der Waals surface area contributed by atoms with Gasteiger partial charge >= 0.3 is 0 Å². The number of nitrogens with zero attached hydrogens (tertiary/aromatic N) is 6. The van der Waals surface area contributed by atoms with E-state index in [9.17, 15) is 0 Å². The second kappa shape index (κ2) is 5.92. The monoisotopic (exact) mass is 312 g/mol. The van der Waals surface area contributed by atoms with E-state index < -0.39 is 0 Å². The normalized spacial score (nSPS) is 18.5. The Balaban J connectivity index is 1.26. The molecule has 6 nitrogen and oxygen atoms in total. The number of anilines is 1. The molecule has 1 saturated heterocycles. The van der Waals surface area contributed by atoms with Crippen LogP contribution in [0, 0.1) is 0 Å². The Morgan fingerprint density at radius 1 is 1.17 bits per heavy atom. The molecule has 0 atom stereocenters. The van der Waals surface area contributed by atoms with Crippen molar-refractivity contribution in [2.24, 2.45) is 7.05 Å². The van der Waals surface area contributed by atoms with E-state index in [1.165, 1.54) is 24.2 Å². The van der Waals surface area contributed by atoms with E-state index in [0.29, 0.717) is 12.0 Å². The van der Waals surface area contributed by atoms with Crippen LogP contribution in [0.5, 0.6) is 0 Å². The highest BCUT2D eigenvalue weighted by Crippen LogP contribution is 2.38. The van der Waals surface area contributed by atoms with E-state index in [2.05, 4.69) is 50.3 Å². The van der Waals surface area contributed by atoms with Crippen molar-refractivity contribution in [1.82, 2.24) is 24.9 Å². The summed E-state index contributed by atoms with van der Waals surface area (Å²) < 4.78 is 1.96. The van der Waals surface area contributed by atoms with Crippen molar-refractivity contribution in [3.05, 3.63) is 35.8 Å². The first-order valence-corrected chi connectivity index (χ1v) is 8.46. The summed E-state index contributed by atoms with van der Waals surface area (Å²) >= 11 is 0. The first kappa shape index (κ1) is 14.6. The molecule has 0 aromatic carbocycles. The van der Waals surface area contributed by atoms with Gasteiger partial charge in [0.1, 0.15) is 0 Å². The molecule has 2 aromatic heterocycles. The summed E-state index contributed by atoms with van der Waals surface area (Å²) in [5, 5.41) is 13.0. The van der Waals surface area contributed by atoms with Crippen molar-refractivity contribution in [2.75, 3.05) is 31.6 Å². The standard InChI is InChI=1S/C17H24N6/c1-21(10-8-14-7-9-18-22(14)2)15-11-23(12-15)17-6-5-16(19-20-17)13-3-4-13/h5-7,9,13,15H,3-4,8,10-12H2,1-2H3. The Kier molecular flexibility index (Phi) is 3.77. The number of hydrogen-bond acceptors (Lipinski definition) is 5. The molecule has 0 radical (unpaired) electrons. The van der Waals surface area contributed by atoms with E-state index in [1.807, 2.05) is 17.9 Å². The van der Waals surface area contributed by atoms with Crippen molar-refractivity contribution in [3.63, 3.8) is 0 Å². The Morgan fingerprint density at radius 2 is 2.00 bits per heavy atom. The highest BCUT2D eigenvalue weighted by atomic mass is 15.4. The van der Waals surface area contributed by atoms with Crippen molar-refractivity contribution in [3.8, 4) is 0 Å². The molecule has 122 valence electrons. The number of aromatic nitrogens is 4. The smallest absolute Gasteiger partial charge is 0.151 e. The Bertz CT molecular complexity index is 654. The fourth-order valence-corrected chi connectivity index (χ4v) is 3.14. The molecule has 0 unspecified atom stereocenters. The minimum Gasteiger partial charge on any atom is -0.352 e. The van der Waals surface area contributed by atoms with Crippen molar-refractivity contribution < 1.29 is 0 Å². The molecule has 3 heterocycles. The molecule has 0 amide bonds. The summed E-state index contributed by atoms with van der Waals surface area (Å²) in [4.78, 5) is 4.75. The van der Waals surface area contributed by atoms with Gasteiger partial charge in [-0.2, -0.15) is 10.2 Å². The molecule has 23 heavy (non-hydrogen) atoms. The molecule has 2 fully saturated rings. The van der Waals surface area contributed by atoms with Gasteiger partial charge in [0.15, 0.2) is 5.82 Å².